The van der Waals surface area contributed by atoms with Gasteiger partial charge >= 0.3 is 0 Å². The minimum atomic E-state index is -0.356. The Morgan fingerprint density at radius 3 is 2.17 bits per heavy atom. The molecule has 278 valence electrons. The van der Waals surface area contributed by atoms with Crippen molar-refractivity contribution in [2.75, 3.05) is 4.90 Å². The Morgan fingerprint density at radius 2 is 1.41 bits per heavy atom. The predicted molar refractivity (Wildman–Crippen MR) is 237 cm³/mol. The molecule has 0 spiro atoms. The molecule has 0 saturated heterocycles. The molecule has 0 radical (unpaired) electrons. The highest BCUT2D eigenvalue weighted by molar-refractivity contribution is 6.09. The lowest BCUT2D eigenvalue weighted by atomic mass is 9.69. The van der Waals surface area contributed by atoms with Gasteiger partial charge in [0.15, 0.2) is 11.3 Å². The van der Waals surface area contributed by atoms with Crippen LogP contribution in [0.2, 0.25) is 0 Å². The minimum absolute atomic E-state index is 0.0562. The highest BCUT2D eigenvalue weighted by Gasteiger charge is 2.53. The minimum Gasteiger partial charge on any atom is -0.445 e. The van der Waals surface area contributed by atoms with E-state index in [9.17, 15) is 0 Å². The molecule has 1 aliphatic heterocycles. The Kier molecular flexibility index (Phi) is 7.05. The van der Waals surface area contributed by atoms with Gasteiger partial charge in [-0.2, -0.15) is 0 Å². The van der Waals surface area contributed by atoms with Gasteiger partial charge in [0.1, 0.15) is 0 Å². The fraction of sp³-hybridized carbons (Fsp3) is 0.170. The molecule has 2 aliphatic carbocycles. The fourth-order valence-electron chi connectivity index (χ4n) is 10.3. The molecule has 9 aromatic rings. The smallest absolute Gasteiger partial charge is 0.231 e. The number of hydrogen-bond acceptors (Lipinski definition) is 4. The molecule has 4 heterocycles. The summed E-state index contributed by atoms with van der Waals surface area (Å²) in [5, 5.41) is 4.69. The molecule has 3 aromatic heterocycles. The first kappa shape index (κ1) is 33.3. The number of nitrogens with zero attached hydrogens (tertiary/aromatic N) is 4. The second kappa shape index (κ2) is 12.3. The molecule has 0 bridgehead atoms. The first-order valence-electron chi connectivity index (χ1n) is 20.5. The summed E-state index contributed by atoms with van der Waals surface area (Å²) in [5.74, 6) is 8.93. The van der Waals surface area contributed by atoms with E-state index in [2.05, 4.69) is 188 Å². The van der Waals surface area contributed by atoms with E-state index >= 15 is 0 Å². The van der Waals surface area contributed by atoms with Gasteiger partial charge in [-0.05, 0) is 84.7 Å². The summed E-state index contributed by atoms with van der Waals surface area (Å²) in [6.45, 7) is 6.93. The van der Waals surface area contributed by atoms with Crippen LogP contribution in [0.3, 0.4) is 0 Å². The standard InChI is InChI=1S/C53H40N4O/c1-32-21-26-46-41(29-32)42-31-40(34-22-24-36(25-23-34)56-44-19-11-8-15-37(44)38-16-9-12-20-45(38)56)48-50(51(42)58-46)57(47-30-33(2)27-28-53(47,48)3)52-54-43-18-10-7-17-39(43)49(55-52)35-13-5-4-6-14-35/h4-20,22-25,27-28,31-33,47H,29-30H2,1-3H3/t32-,33?,47?,53?/m0/s1. The first-order chi connectivity index (χ1) is 28.4. The summed E-state index contributed by atoms with van der Waals surface area (Å²) >= 11 is 0. The number of rotatable bonds is 4. The summed E-state index contributed by atoms with van der Waals surface area (Å²) in [5.41, 5.74) is 12.9. The van der Waals surface area contributed by atoms with E-state index in [4.69, 9.17) is 14.4 Å². The average Bonchev–Trinajstić information content (AvgIpc) is 3.89. The number of anilines is 2. The Balaban J connectivity index is 1.13. The largest absolute Gasteiger partial charge is 0.445 e. The van der Waals surface area contributed by atoms with Crippen LogP contribution in [0.15, 0.2) is 150 Å². The van der Waals surface area contributed by atoms with E-state index in [0.717, 1.165) is 63.1 Å². The molecular formula is C53H40N4O. The number of fused-ring (bicyclic) bond motifs is 11. The van der Waals surface area contributed by atoms with Crippen molar-refractivity contribution < 1.29 is 4.42 Å². The van der Waals surface area contributed by atoms with Crippen LogP contribution >= 0.6 is 0 Å². The van der Waals surface area contributed by atoms with Crippen molar-refractivity contribution >= 4 is 55.3 Å². The molecule has 12 rings (SSSR count). The topological polar surface area (TPSA) is 47.1 Å². The van der Waals surface area contributed by atoms with Crippen LogP contribution in [0.25, 0.3) is 71.7 Å². The lowest BCUT2D eigenvalue weighted by molar-refractivity contribution is 0.392. The summed E-state index contributed by atoms with van der Waals surface area (Å²) in [6.07, 6.45) is 6.66. The maximum atomic E-state index is 6.96. The van der Waals surface area contributed by atoms with Crippen molar-refractivity contribution in [1.29, 1.82) is 0 Å². The SMILES string of the molecule is CC1C=CC2(C)c3c(-c4ccc(-n5c6ccccc6c6ccccc65)cc4)cc4c5c(oc4c3N(c3nc(-c4ccccc4)c4ccccc4n3)C2C1)C#C[C@H](C)C5. The number of benzene rings is 6. The van der Waals surface area contributed by atoms with E-state index in [0.29, 0.717) is 11.9 Å². The highest BCUT2D eigenvalue weighted by atomic mass is 16.3. The molecule has 5 nitrogen and oxygen atoms in total. The van der Waals surface area contributed by atoms with Gasteiger partial charge < -0.3 is 13.9 Å². The van der Waals surface area contributed by atoms with E-state index < -0.39 is 0 Å². The maximum Gasteiger partial charge on any atom is 0.231 e. The molecule has 0 amide bonds. The van der Waals surface area contributed by atoms with Gasteiger partial charge in [-0.3, -0.25) is 0 Å². The second-order valence-electron chi connectivity index (χ2n) is 16.7. The Morgan fingerprint density at radius 1 is 0.724 bits per heavy atom. The van der Waals surface area contributed by atoms with Crippen molar-refractivity contribution in [3.05, 3.63) is 162 Å². The van der Waals surface area contributed by atoms with Crippen LogP contribution in [0.4, 0.5) is 11.6 Å². The van der Waals surface area contributed by atoms with Crippen LogP contribution in [0, 0.1) is 23.7 Å². The van der Waals surface area contributed by atoms with E-state index in [1.54, 1.807) is 0 Å². The van der Waals surface area contributed by atoms with Gasteiger partial charge in [0.25, 0.3) is 0 Å². The van der Waals surface area contributed by atoms with Crippen LogP contribution in [-0.4, -0.2) is 20.6 Å². The van der Waals surface area contributed by atoms with Gasteiger partial charge in [0.05, 0.1) is 34.0 Å². The van der Waals surface area contributed by atoms with Crippen molar-refractivity contribution in [2.45, 2.75) is 45.1 Å². The van der Waals surface area contributed by atoms with Gasteiger partial charge in [0.2, 0.25) is 5.95 Å². The number of furan rings is 1. The van der Waals surface area contributed by atoms with Crippen molar-refractivity contribution in [1.82, 2.24) is 14.5 Å². The zero-order chi connectivity index (χ0) is 38.7. The maximum absolute atomic E-state index is 6.96. The summed E-state index contributed by atoms with van der Waals surface area (Å²) in [7, 11) is 0. The van der Waals surface area contributed by atoms with E-state index in [-0.39, 0.29) is 17.4 Å². The second-order valence-corrected chi connectivity index (χ2v) is 16.7. The molecule has 4 atom stereocenters. The number of aromatic nitrogens is 3. The Hall–Kier alpha value is -6.90. The molecule has 3 aliphatic rings. The zero-order valence-corrected chi connectivity index (χ0v) is 32.7. The lowest BCUT2D eigenvalue weighted by Gasteiger charge is -2.38. The Labute approximate surface area is 337 Å². The van der Waals surface area contributed by atoms with Crippen molar-refractivity contribution in [2.24, 2.45) is 11.8 Å². The Bertz CT molecular complexity index is 3200. The third-order valence-electron chi connectivity index (χ3n) is 13.0. The molecule has 0 saturated carbocycles. The van der Waals surface area contributed by atoms with Crippen LogP contribution in [-0.2, 0) is 11.8 Å². The zero-order valence-electron chi connectivity index (χ0n) is 32.7. The van der Waals surface area contributed by atoms with Gasteiger partial charge in [-0.25, -0.2) is 9.97 Å². The summed E-state index contributed by atoms with van der Waals surface area (Å²) < 4.78 is 9.35. The number of hydrogen-bond donors (Lipinski definition) is 0. The average molecular weight is 749 g/mol. The number of allylic oxidation sites excluding steroid dienone is 1. The molecule has 0 fully saturated rings. The van der Waals surface area contributed by atoms with Gasteiger partial charge in [-0.1, -0.05) is 129 Å². The monoisotopic (exact) mass is 748 g/mol. The molecule has 0 N–H and O–H groups in total. The fourth-order valence-corrected chi connectivity index (χ4v) is 10.3. The molecule has 58 heavy (non-hydrogen) atoms. The first-order valence-corrected chi connectivity index (χ1v) is 20.5. The van der Waals surface area contributed by atoms with Crippen LogP contribution in [0.5, 0.6) is 0 Å². The van der Waals surface area contributed by atoms with E-state index in [1.165, 1.54) is 44.1 Å². The van der Waals surface area contributed by atoms with Crippen molar-refractivity contribution in [3.8, 4) is 39.9 Å². The van der Waals surface area contributed by atoms with Gasteiger partial charge in [-0.15, -0.1) is 0 Å². The van der Waals surface area contributed by atoms with Crippen molar-refractivity contribution in [3.63, 3.8) is 0 Å². The van der Waals surface area contributed by atoms with E-state index in [1.807, 2.05) is 0 Å². The highest BCUT2D eigenvalue weighted by Crippen LogP contribution is 2.59. The van der Waals surface area contributed by atoms with Crippen LogP contribution < -0.4 is 4.90 Å². The molecule has 3 unspecified atom stereocenters. The molecule has 6 aromatic carbocycles. The van der Waals surface area contributed by atoms with Crippen LogP contribution in [0.1, 0.15) is 44.1 Å². The third-order valence-corrected chi connectivity index (χ3v) is 13.0. The molecule has 5 heteroatoms. The summed E-state index contributed by atoms with van der Waals surface area (Å²) in [4.78, 5) is 13.4. The molecular weight excluding hydrogens is 709 g/mol. The third kappa shape index (κ3) is 4.72. The number of para-hydroxylation sites is 3. The quantitative estimate of drug-likeness (QED) is 0.133. The van der Waals surface area contributed by atoms with Gasteiger partial charge in [0, 0.05) is 49.7 Å². The normalized spacial score (nSPS) is 20.7. The lowest BCUT2D eigenvalue weighted by Crippen LogP contribution is -2.43. The predicted octanol–water partition coefficient (Wildman–Crippen LogP) is 12.7. The summed E-state index contributed by atoms with van der Waals surface area (Å²) in [6, 6.07) is 48.0.